The minimum atomic E-state index is -0.612. The number of rotatable bonds is 4. The van der Waals surface area contributed by atoms with Gasteiger partial charge in [0.2, 0.25) is 5.91 Å². The third-order valence-electron chi connectivity index (χ3n) is 1.79. The van der Waals surface area contributed by atoms with Crippen molar-refractivity contribution in [2.45, 2.75) is 0 Å². The van der Waals surface area contributed by atoms with Crippen LogP contribution in [0.15, 0.2) is 29.3 Å². The van der Waals surface area contributed by atoms with Crippen LogP contribution in [0.5, 0.6) is 0 Å². The molecule has 0 saturated heterocycles. The van der Waals surface area contributed by atoms with E-state index in [-0.39, 0.29) is 12.5 Å². The maximum Gasteiger partial charge on any atom is 0.251 e. The normalized spacial score (nSPS) is 9.41. The Kier molecular flexibility index (Phi) is 4.04. The first-order chi connectivity index (χ1) is 7.99. The number of primary amides is 1. The number of hydrogen-bond donors (Lipinski definition) is 4. The molecule has 0 aliphatic rings. The van der Waals surface area contributed by atoms with E-state index in [1.165, 1.54) is 6.07 Å². The van der Waals surface area contributed by atoms with Crippen LogP contribution in [-0.4, -0.2) is 24.3 Å². The third-order valence-corrected chi connectivity index (χ3v) is 1.79. The largest absolute Gasteiger partial charge is 0.370 e. The van der Waals surface area contributed by atoms with Crippen molar-refractivity contribution in [3.63, 3.8) is 0 Å². The number of nitrogens with two attached hydrogens (primary N) is 3. The molecule has 0 radical (unpaired) electrons. The maximum atomic E-state index is 11.6. The van der Waals surface area contributed by atoms with Crippen LogP contribution in [0.1, 0.15) is 10.4 Å². The minimum absolute atomic E-state index is 0.0975. The lowest BCUT2D eigenvalue weighted by Gasteiger charge is -2.03. The van der Waals surface area contributed by atoms with Crippen molar-refractivity contribution in [2.75, 3.05) is 6.54 Å². The highest BCUT2D eigenvalue weighted by Gasteiger charge is 2.06. The van der Waals surface area contributed by atoms with Crippen molar-refractivity contribution in [2.24, 2.45) is 22.2 Å². The lowest BCUT2D eigenvalue weighted by atomic mass is 10.2. The van der Waals surface area contributed by atoms with Gasteiger partial charge in [0, 0.05) is 5.56 Å². The van der Waals surface area contributed by atoms with Gasteiger partial charge in [-0.05, 0) is 18.2 Å². The third kappa shape index (κ3) is 4.20. The average molecular weight is 235 g/mol. The van der Waals surface area contributed by atoms with Gasteiger partial charge < -0.3 is 22.5 Å². The van der Waals surface area contributed by atoms with Crippen LogP contribution in [-0.2, 0) is 4.79 Å². The van der Waals surface area contributed by atoms with Gasteiger partial charge in [0.25, 0.3) is 5.91 Å². The number of nitrogens with zero attached hydrogens (tertiary/aromatic N) is 1. The molecule has 1 rings (SSSR count). The summed E-state index contributed by atoms with van der Waals surface area (Å²) in [6.45, 7) is -0.217. The molecule has 0 heterocycles. The smallest absolute Gasteiger partial charge is 0.251 e. The van der Waals surface area contributed by atoms with Crippen molar-refractivity contribution in [1.82, 2.24) is 5.32 Å². The number of amides is 2. The molecule has 7 N–H and O–H groups in total. The Hall–Kier alpha value is -2.57. The topological polar surface area (TPSA) is 137 Å². The molecule has 7 nitrogen and oxygen atoms in total. The monoisotopic (exact) mass is 235 g/mol. The number of carbonyl (C=O) groups is 2. The van der Waals surface area contributed by atoms with Gasteiger partial charge >= 0.3 is 0 Å². The SMILES string of the molecule is NC(=O)CNC(=O)c1cccc(N=C(N)N)c1. The summed E-state index contributed by atoms with van der Waals surface area (Å²) in [5.74, 6) is -1.13. The van der Waals surface area contributed by atoms with Gasteiger partial charge in [0.15, 0.2) is 5.96 Å². The number of hydrogen-bond acceptors (Lipinski definition) is 3. The summed E-state index contributed by atoms with van der Waals surface area (Å²) in [6.07, 6.45) is 0. The zero-order valence-corrected chi connectivity index (χ0v) is 9.01. The molecule has 0 atom stereocenters. The second-order valence-corrected chi connectivity index (χ2v) is 3.24. The van der Waals surface area contributed by atoms with Crippen LogP contribution >= 0.6 is 0 Å². The predicted octanol–water partition coefficient (Wildman–Crippen LogP) is -1.19. The Balaban J connectivity index is 2.81. The molecule has 0 saturated carbocycles. The standard InChI is InChI=1S/C10H13N5O2/c11-8(16)5-14-9(17)6-2-1-3-7(4-6)15-10(12)13/h1-4H,5H2,(H2,11,16)(H,14,17)(H4,12,13,15). The van der Waals surface area contributed by atoms with E-state index in [9.17, 15) is 9.59 Å². The fraction of sp³-hybridized carbons (Fsp3) is 0.100. The Morgan fingerprint density at radius 2 is 1.94 bits per heavy atom. The van der Waals surface area contributed by atoms with Crippen molar-refractivity contribution in [1.29, 1.82) is 0 Å². The average Bonchev–Trinajstić information content (AvgIpc) is 2.25. The van der Waals surface area contributed by atoms with Crippen molar-refractivity contribution < 1.29 is 9.59 Å². The highest BCUT2D eigenvalue weighted by atomic mass is 16.2. The molecule has 90 valence electrons. The highest BCUT2D eigenvalue weighted by molar-refractivity contribution is 5.97. The Bertz CT molecular complexity index is 466. The number of carbonyl (C=O) groups excluding carboxylic acids is 2. The van der Waals surface area contributed by atoms with E-state index >= 15 is 0 Å². The quantitative estimate of drug-likeness (QED) is 0.385. The fourth-order valence-electron chi connectivity index (χ4n) is 1.14. The van der Waals surface area contributed by atoms with Gasteiger partial charge in [-0.15, -0.1) is 0 Å². The van der Waals surface area contributed by atoms with Gasteiger partial charge in [0.1, 0.15) is 0 Å². The molecule has 1 aromatic rings. The van der Waals surface area contributed by atoms with Gasteiger partial charge in [0.05, 0.1) is 12.2 Å². The van der Waals surface area contributed by atoms with Crippen molar-refractivity contribution in [3.05, 3.63) is 29.8 Å². The zero-order valence-electron chi connectivity index (χ0n) is 9.01. The van der Waals surface area contributed by atoms with Crippen molar-refractivity contribution in [3.8, 4) is 0 Å². The summed E-state index contributed by atoms with van der Waals surface area (Å²) in [4.78, 5) is 25.9. The van der Waals surface area contributed by atoms with Crippen molar-refractivity contribution >= 4 is 23.5 Å². The number of benzene rings is 1. The first kappa shape index (κ1) is 12.5. The van der Waals surface area contributed by atoms with Crippen LogP contribution in [0.3, 0.4) is 0 Å². The lowest BCUT2D eigenvalue weighted by molar-refractivity contribution is -0.117. The van der Waals surface area contributed by atoms with Gasteiger partial charge in [-0.25, -0.2) is 4.99 Å². The molecule has 7 heteroatoms. The molecule has 0 bridgehead atoms. The Labute approximate surface area is 97.7 Å². The molecule has 0 unspecified atom stereocenters. The molecule has 1 aromatic carbocycles. The molecule has 0 aliphatic carbocycles. The minimum Gasteiger partial charge on any atom is -0.370 e. The summed E-state index contributed by atoms with van der Waals surface area (Å²) in [7, 11) is 0. The molecular weight excluding hydrogens is 222 g/mol. The first-order valence-corrected chi connectivity index (χ1v) is 4.75. The number of nitrogens with one attached hydrogen (secondary N) is 1. The van der Waals surface area contributed by atoms with E-state index in [4.69, 9.17) is 17.2 Å². The second kappa shape index (κ2) is 5.50. The van der Waals surface area contributed by atoms with Crippen LogP contribution in [0.2, 0.25) is 0 Å². The molecular formula is C10H13N5O2. The van der Waals surface area contributed by atoms with Gasteiger partial charge in [-0.2, -0.15) is 0 Å². The number of aliphatic imine (C=N–C) groups is 1. The van der Waals surface area contributed by atoms with E-state index in [1.54, 1.807) is 18.2 Å². The van der Waals surface area contributed by atoms with Crippen LogP contribution in [0.25, 0.3) is 0 Å². The summed E-state index contributed by atoms with van der Waals surface area (Å²) in [5.41, 5.74) is 16.1. The first-order valence-electron chi connectivity index (χ1n) is 4.75. The molecule has 17 heavy (non-hydrogen) atoms. The summed E-state index contributed by atoms with van der Waals surface area (Å²) < 4.78 is 0. The summed E-state index contributed by atoms with van der Waals surface area (Å²) in [5, 5.41) is 2.35. The summed E-state index contributed by atoms with van der Waals surface area (Å²) >= 11 is 0. The second-order valence-electron chi connectivity index (χ2n) is 3.24. The van der Waals surface area contributed by atoms with E-state index < -0.39 is 11.8 Å². The molecule has 2 amide bonds. The number of guanidine groups is 1. The molecule has 0 aliphatic heterocycles. The van der Waals surface area contributed by atoms with E-state index in [0.717, 1.165) is 0 Å². The fourth-order valence-corrected chi connectivity index (χ4v) is 1.14. The van der Waals surface area contributed by atoms with E-state index in [2.05, 4.69) is 10.3 Å². The van der Waals surface area contributed by atoms with Gasteiger partial charge in [-0.1, -0.05) is 6.07 Å². The molecule has 0 spiro atoms. The lowest BCUT2D eigenvalue weighted by Crippen LogP contribution is -2.33. The molecule has 0 fully saturated rings. The highest BCUT2D eigenvalue weighted by Crippen LogP contribution is 2.13. The van der Waals surface area contributed by atoms with E-state index in [0.29, 0.717) is 11.3 Å². The van der Waals surface area contributed by atoms with Crippen LogP contribution in [0.4, 0.5) is 5.69 Å². The Morgan fingerprint density at radius 3 is 2.53 bits per heavy atom. The predicted molar refractivity (Wildman–Crippen MR) is 63.4 cm³/mol. The van der Waals surface area contributed by atoms with Crippen LogP contribution in [0, 0.1) is 0 Å². The van der Waals surface area contributed by atoms with E-state index in [1.807, 2.05) is 0 Å². The maximum absolute atomic E-state index is 11.6. The Morgan fingerprint density at radius 1 is 1.24 bits per heavy atom. The van der Waals surface area contributed by atoms with Gasteiger partial charge in [-0.3, -0.25) is 9.59 Å². The molecule has 0 aromatic heterocycles. The van der Waals surface area contributed by atoms with Crippen LogP contribution < -0.4 is 22.5 Å². The zero-order chi connectivity index (χ0) is 12.8. The summed E-state index contributed by atoms with van der Waals surface area (Å²) in [6, 6.07) is 6.34.